The Morgan fingerprint density at radius 3 is 2.70 bits per heavy atom. The highest BCUT2D eigenvalue weighted by atomic mass is 19.1. The summed E-state index contributed by atoms with van der Waals surface area (Å²) in [6.45, 7) is 0. The number of halogens is 1. The Kier molecular flexibility index (Phi) is 3.53. The van der Waals surface area contributed by atoms with E-state index in [1.807, 2.05) is 6.07 Å². The van der Waals surface area contributed by atoms with Crippen molar-refractivity contribution in [2.45, 2.75) is 0 Å². The Morgan fingerprint density at radius 1 is 1.35 bits per heavy atom. The van der Waals surface area contributed by atoms with E-state index in [0.717, 1.165) is 6.07 Å². The van der Waals surface area contributed by atoms with Crippen LogP contribution in [0.1, 0.15) is 15.9 Å². The van der Waals surface area contributed by atoms with Crippen molar-refractivity contribution in [3.05, 3.63) is 53.3 Å². The predicted molar refractivity (Wildman–Crippen MR) is 72.2 cm³/mol. The molecule has 0 fully saturated rings. The van der Waals surface area contributed by atoms with Gasteiger partial charge in [0.25, 0.3) is 0 Å². The van der Waals surface area contributed by atoms with Gasteiger partial charge < -0.3 is 16.2 Å². The van der Waals surface area contributed by atoms with Crippen molar-refractivity contribution in [2.24, 2.45) is 0 Å². The monoisotopic (exact) mass is 271 g/mol. The maximum atomic E-state index is 13.8. The molecule has 0 aliphatic heterocycles. The van der Waals surface area contributed by atoms with Crippen molar-refractivity contribution < 1.29 is 14.3 Å². The molecular weight excluding hydrogens is 261 g/mol. The van der Waals surface area contributed by atoms with Gasteiger partial charge >= 0.3 is 5.97 Å². The summed E-state index contributed by atoms with van der Waals surface area (Å²) in [7, 11) is 0. The molecular formula is C14H10FN3O2. The van der Waals surface area contributed by atoms with Crippen LogP contribution in [0, 0.1) is 17.1 Å². The van der Waals surface area contributed by atoms with Gasteiger partial charge in [-0.05, 0) is 30.3 Å². The molecule has 0 spiro atoms. The van der Waals surface area contributed by atoms with Gasteiger partial charge in [-0.3, -0.25) is 0 Å². The van der Waals surface area contributed by atoms with Crippen LogP contribution in [0.25, 0.3) is 0 Å². The van der Waals surface area contributed by atoms with E-state index in [1.165, 1.54) is 30.3 Å². The lowest BCUT2D eigenvalue weighted by atomic mass is 10.1. The van der Waals surface area contributed by atoms with Crippen LogP contribution in [0.15, 0.2) is 36.4 Å². The van der Waals surface area contributed by atoms with Gasteiger partial charge in [0.05, 0.1) is 34.3 Å². The van der Waals surface area contributed by atoms with Gasteiger partial charge in [0, 0.05) is 0 Å². The molecule has 0 radical (unpaired) electrons. The third kappa shape index (κ3) is 2.52. The van der Waals surface area contributed by atoms with E-state index >= 15 is 0 Å². The third-order valence-corrected chi connectivity index (χ3v) is 2.68. The Morgan fingerprint density at radius 2 is 2.10 bits per heavy atom. The minimum Gasteiger partial charge on any atom is -0.478 e. The highest BCUT2D eigenvalue weighted by molar-refractivity contribution is 5.98. The lowest BCUT2D eigenvalue weighted by molar-refractivity contribution is 0.0698. The molecule has 0 amide bonds. The van der Waals surface area contributed by atoms with Crippen LogP contribution in [-0.4, -0.2) is 11.1 Å². The molecule has 0 aliphatic carbocycles. The molecule has 20 heavy (non-hydrogen) atoms. The Balaban J connectivity index is 2.45. The zero-order valence-electron chi connectivity index (χ0n) is 10.2. The Hall–Kier alpha value is -3.07. The highest BCUT2D eigenvalue weighted by Crippen LogP contribution is 2.29. The number of nitrogens with two attached hydrogens (primary N) is 1. The highest BCUT2D eigenvalue weighted by Gasteiger charge is 2.14. The Labute approximate surface area is 114 Å². The molecule has 5 nitrogen and oxygen atoms in total. The van der Waals surface area contributed by atoms with Crippen molar-refractivity contribution in [2.75, 3.05) is 11.1 Å². The summed E-state index contributed by atoms with van der Waals surface area (Å²) in [5.41, 5.74) is 6.17. The van der Waals surface area contributed by atoms with E-state index in [1.54, 1.807) is 0 Å². The molecule has 4 N–H and O–H groups in total. The Bertz CT molecular complexity index is 723. The first-order chi connectivity index (χ1) is 9.52. The second-order valence-electron chi connectivity index (χ2n) is 4.01. The quantitative estimate of drug-likeness (QED) is 0.745. The van der Waals surface area contributed by atoms with Crippen molar-refractivity contribution >= 4 is 23.0 Å². The largest absolute Gasteiger partial charge is 0.478 e. The van der Waals surface area contributed by atoms with Crippen LogP contribution in [0.5, 0.6) is 0 Å². The second kappa shape index (κ2) is 5.28. The second-order valence-corrected chi connectivity index (χ2v) is 4.01. The maximum Gasteiger partial charge on any atom is 0.337 e. The topological polar surface area (TPSA) is 99.1 Å². The van der Waals surface area contributed by atoms with E-state index in [4.69, 9.17) is 16.1 Å². The molecule has 0 unspecified atom stereocenters. The molecule has 2 rings (SSSR count). The molecule has 100 valence electrons. The smallest absolute Gasteiger partial charge is 0.337 e. The number of nitrogen functional groups attached to an aromatic ring is 1. The van der Waals surface area contributed by atoms with Crippen LogP contribution in [-0.2, 0) is 0 Å². The molecule has 0 heterocycles. The van der Waals surface area contributed by atoms with Crippen LogP contribution < -0.4 is 11.1 Å². The summed E-state index contributed by atoms with van der Waals surface area (Å²) in [6, 6.07) is 10.0. The van der Waals surface area contributed by atoms with E-state index in [9.17, 15) is 9.18 Å². The van der Waals surface area contributed by atoms with Crippen LogP contribution in [0.4, 0.5) is 21.5 Å². The number of aromatic carboxylic acids is 1. The average Bonchev–Trinajstić information content (AvgIpc) is 2.42. The summed E-state index contributed by atoms with van der Waals surface area (Å²) in [4.78, 5) is 11.1. The number of benzene rings is 2. The fourth-order valence-electron chi connectivity index (χ4n) is 1.71. The molecule has 0 saturated carbocycles. The first-order valence-corrected chi connectivity index (χ1v) is 5.61. The number of nitriles is 1. The van der Waals surface area contributed by atoms with Crippen molar-refractivity contribution in [3.63, 3.8) is 0 Å². The van der Waals surface area contributed by atoms with Gasteiger partial charge in [-0.2, -0.15) is 5.26 Å². The van der Waals surface area contributed by atoms with Crippen molar-refractivity contribution in [3.8, 4) is 6.07 Å². The minimum atomic E-state index is -1.17. The van der Waals surface area contributed by atoms with E-state index in [-0.39, 0.29) is 28.2 Å². The molecule has 0 saturated heterocycles. The minimum absolute atomic E-state index is 0.0457. The number of anilines is 3. The number of rotatable bonds is 3. The summed E-state index contributed by atoms with van der Waals surface area (Å²) < 4.78 is 13.8. The summed E-state index contributed by atoms with van der Waals surface area (Å²) in [5, 5.41) is 20.4. The normalized spacial score (nSPS) is 9.80. The van der Waals surface area contributed by atoms with E-state index in [0.29, 0.717) is 0 Å². The van der Waals surface area contributed by atoms with Crippen LogP contribution in [0.3, 0.4) is 0 Å². The molecule has 0 aliphatic rings. The number of hydrogen-bond donors (Lipinski definition) is 3. The molecule has 0 aromatic heterocycles. The predicted octanol–water partition coefficient (Wildman–Crippen LogP) is 2.72. The van der Waals surface area contributed by atoms with Crippen LogP contribution >= 0.6 is 0 Å². The van der Waals surface area contributed by atoms with Crippen molar-refractivity contribution in [1.29, 1.82) is 5.26 Å². The van der Waals surface area contributed by atoms with Gasteiger partial charge in [-0.15, -0.1) is 0 Å². The van der Waals surface area contributed by atoms with Gasteiger partial charge in [-0.1, -0.05) is 6.07 Å². The molecule has 0 atom stereocenters. The fraction of sp³-hybridized carbons (Fsp3) is 0. The number of nitrogens with zero attached hydrogens (tertiary/aromatic N) is 1. The lowest BCUT2D eigenvalue weighted by Crippen LogP contribution is -2.06. The first-order valence-electron chi connectivity index (χ1n) is 5.61. The van der Waals surface area contributed by atoms with Crippen LogP contribution in [0.2, 0.25) is 0 Å². The molecule has 0 bridgehead atoms. The zero-order chi connectivity index (χ0) is 14.7. The third-order valence-electron chi connectivity index (χ3n) is 2.68. The number of carboxylic acid groups (broad SMARTS) is 1. The molecule has 6 heteroatoms. The number of nitrogens with one attached hydrogen (secondary N) is 1. The summed E-state index contributed by atoms with van der Waals surface area (Å²) >= 11 is 0. The van der Waals surface area contributed by atoms with E-state index in [2.05, 4.69) is 5.32 Å². The molecule has 2 aromatic rings. The van der Waals surface area contributed by atoms with Gasteiger partial charge in [0.1, 0.15) is 5.82 Å². The van der Waals surface area contributed by atoms with E-state index < -0.39 is 11.8 Å². The summed E-state index contributed by atoms with van der Waals surface area (Å²) in [6.07, 6.45) is 0. The van der Waals surface area contributed by atoms with Gasteiger partial charge in [-0.25, -0.2) is 9.18 Å². The first kappa shape index (κ1) is 13.4. The number of carbonyl (C=O) groups is 1. The number of para-hydroxylation sites is 1. The van der Waals surface area contributed by atoms with Gasteiger partial charge in [0.2, 0.25) is 0 Å². The standard InChI is InChI=1S/C14H10FN3O2/c15-10-6-8(7-16)4-5-12(10)18-13-9(14(19)20)2-1-3-11(13)17/h1-6,18H,17H2,(H,19,20). The summed E-state index contributed by atoms with van der Waals surface area (Å²) in [5.74, 6) is -1.84. The zero-order valence-corrected chi connectivity index (χ0v) is 10.2. The number of carboxylic acids is 1. The number of hydrogen-bond acceptors (Lipinski definition) is 4. The average molecular weight is 271 g/mol. The maximum absolute atomic E-state index is 13.8. The van der Waals surface area contributed by atoms with Gasteiger partial charge in [0.15, 0.2) is 0 Å². The SMILES string of the molecule is N#Cc1ccc(Nc2c(N)cccc2C(=O)O)c(F)c1. The lowest BCUT2D eigenvalue weighted by Gasteiger charge is -2.13. The van der Waals surface area contributed by atoms with Crippen molar-refractivity contribution in [1.82, 2.24) is 0 Å². The fourth-order valence-corrected chi connectivity index (χ4v) is 1.71. The molecule has 2 aromatic carbocycles.